The van der Waals surface area contributed by atoms with E-state index in [1.165, 1.54) is 0 Å². The quantitative estimate of drug-likeness (QED) is 0.625. The van der Waals surface area contributed by atoms with Gasteiger partial charge in [-0.3, -0.25) is 4.40 Å². The van der Waals surface area contributed by atoms with Crippen LogP contribution in [0.25, 0.3) is 16.0 Å². The molecule has 0 aliphatic rings. The molecule has 0 radical (unpaired) electrons. The second-order valence-corrected chi connectivity index (χ2v) is 5.92. The van der Waals surface area contributed by atoms with E-state index in [4.69, 9.17) is 0 Å². The van der Waals surface area contributed by atoms with Gasteiger partial charge in [0.05, 0.1) is 16.8 Å². The summed E-state index contributed by atoms with van der Waals surface area (Å²) in [5, 5.41) is 13.7. The van der Waals surface area contributed by atoms with Crippen LogP contribution in [0.1, 0.15) is 17.2 Å². The van der Waals surface area contributed by atoms with Crippen molar-refractivity contribution < 1.29 is 0 Å². The Balaban J connectivity index is 1.68. The van der Waals surface area contributed by atoms with Gasteiger partial charge in [0, 0.05) is 11.4 Å². The topological polar surface area (TPSA) is 80.9 Å². The molecule has 0 bridgehead atoms. The lowest BCUT2D eigenvalue weighted by molar-refractivity contribution is 0.888. The summed E-state index contributed by atoms with van der Waals surface area (Å²) >= 11 is 1.62. The van der Waals surface area contributed by atoms with Crippen LogP contribution in [0.5, 0.6) is 0 Å². The molecule has 0 aliphatic heterocycles. The Morgan fingerprint density at radius 2 is 2.14 bits per heavy atom. The molecular formula is C14H13N7S. The third-order valence-corrected chi connectivity index (χ3v) is 4.33. The van der Waals surface area contributed by atoms with Gasteiger partial charge in [0.2, 0.25) is 0 Å². The predicted molar refractivity (Wildman–Crippen MR) is 85.0 cm³/mol. The van der Waals surface area contributed by atoms with Crippen LogP contribution in [0.4, 0.5) is 5.82 Å². The number of hydrogen-bond acceptors (Lipinski definition) is 7. The van der Waals surface area contributed by atoms with Crippen LogP contribution in [0.3, 0.4) is 0 Å². The van der Waals surface area contributed by atoms with Gasteiger partial charge in [-0.15, -0.1) is 21.5 Å². The maximum atomic E-state index is 4.39. The number of nitrogens with one attached hydrogen (secondary N) is 1. The zero-order valence-corrected chi connectivity index (χ0v) is 12.9. The molecule has 0 saturated heterocycles. The summed E-state index contributed by atoms with van der Waals surface area (Å²) in [7, 11) is 0. The molecule has 0 fully saturated rings. The van der Waals surface area contributed by atoms with Crippen LogP contribution in [-0.4, -0.2) is 29.5 Å². The summed E-state index contributed by atoms with van der Waals surface area (Å²) < 4.78 is 2.99. The number of thiophene rings is 1. The van der Waals surface area contributed by atoms with E-state index >= 15 is 0 Å². The van der Waals surface area contributed by atoms with Gasteiger partial charge in [0.1, 0.15) is 12.1 Å². The van der Waals surface area contributed by atoms with Crippen LogP contribution in [-0.2, 0) is 6.54 Å². The minimum atomic E-state index is 0.525. The normalized spacial score (nSPS) is 11.4. The molecule has 4 heterocycles. The Kier molecular flexibility index (Phi) is 2.97. The third-order valence-electron chi connectivity index (χ3n) is 3.42. The molecular weight excluding hydrogens is 298 g/mol. The van der Waals surface area contributed by atoms with Crippen molar-refractivity contribution in [2.24, 2.45) is 0 Å². The van der Waals surface area contributed by atoms with Gasteiger partial charge in [-0.1, -0.05) is 0 Å². The Bertz CT molecular complexity index is 972. The highest BCUT2D eigenvalue weighted by molar-refractivity contribution is 7.17. The largest absolute Gasteiger partial charge is 0.361 e. The van der Waals surface area contributed by atoms with Gasteiger partial charge >= 0.3 is 0 Å². The molecule has 4 aromatic rings. The highest BCUT2D eigenvalue weighted by Gasteiger charge is 2.11. The van der Waals surface area contributed by atoms with Crippen LogP contribution in [0.15, 0.2) is 23.8 Å². The fourth-order valence-electron chi connectivity index (χ4n) is 2.49. The van der Waals surface area contributed by atoms with Gasteiger partial charge in [-0.25, -0.2) is 15.0 Å². The van der Waals surface area contributed by atoms with Gasteiger partial charge < -0.3 is 5.32 Å². The first-order chi connectivity index (χ1) is 10.7. The first-order valence-corrected chi connectivity index (χ1v) is 7.70. The lowest BCUT2D eigenvalue weighted by Gasteiger charge is -2.07. The van der Waals surface area contributed by atoms with Crippen molar-refractivity contribution in [3.8, 4) is 0 Å². The minimum absolute atomic E-state index is 0.525. The average molecular weight is 311 g/mol. The van der Waals surface area contributed by atoms with E-state index in [0.717, 1.165) is 33.2 Å². The van der Waals surface area contributed by atoms with Crippen molar-refractivity contribution in [1.82, 2.24) is 29.5 Å². The van der Waals surface area contributed by atoms with Crippen molar-refractivity contribution >= 4 is 33.1 Å². The number of nitrogens with zero attached hydrogens (tertiary/aromatic N) is 6. The van der Waals surface area contributed by atoms with Gasteiger partial charge in [0.15, 0.2) is 5.82 Å². The standard InChI is InChI=1S/C14H13N7S/c1-8-5-9(2)21-11(19-20-14(21)18-8)6-15-13-12-10(3-4-22-12)16-7-17-13/h3-5,7H,6H2,1-2H3,(H,15,16,17). The number of rotatable bonds is 3. The number of aryl methyl sites for hydroxylation is 2. The Hall–Kier alpha value is -2.61. The molecule has 1 N–H and O–H groups in total. The summed E-state index contributed by atoms with van der Waals surface area (Å²) in [4.78, 5) is 12.9. The first kappa shape index (κ1) is 13.1. The monoisotopic (exact) mass is 311 g/mol. The summed E-state index contributed by atoms with van der Waals surface area (Å²) in [6.45, 7) is 4.50. The SMILES string of the molecule is Cc1cc(C)n2c(CNc3ncnc4ccsc34)nnc2n1. The molecule has 0 unspecified atom stereocenters. The number of aromatic nitrogens is 6. The van der Waals surface area contributed by atoms with Gasteiger partial charge in [-0.05, 0) is 31.4 Å². The summed E-state index contributed by atoms with van der Waals surface area (Å²) in [6.07, 6.45) is 1.56. The number of hydrogen-bond donors (Lipinski definition) is 1. The van der Waals surface area contributed by atoms with E-state index in [1.807, 2.05) is 35.8 Å². The number of anilines is 1. The van der Waals surface area contributed by atoms with E-state index in [2.05, 4.69) is 30.5 Å². The minimum Gasteiger partial charge on any atom is -0.361 e. The summed E-state index contributed by atoms with van der Waals surface area (Å²) in [5.74, 6) is 2.25. The predicted octanol–water partition coefficient (Wildman–Crippen LogP) is 2.36. The van der Waals surface area contributed by atoms with Crippen molar-refractivity contribution in [3.05, 3.63) is 41.1 Å². The third kappa shape index (κ3) is 2.08. The molecule has 0 amide bonds. The van der Waals surface area contributed by atoms with Crippen LogP contribution < -0.4 is 5.32 Å². The molecule has 0 aliphatic carbocycles. The lowest BCUT2D eigenvalue weighted by atomic mass is 10.3. The molecule has 0 aromatic carbocycles. The molecule has 8 heteroatoms. The molecule has 0 spiro atoms. The molecule has 7 nitrogen and oxygen atoms in total. The molecule has 22 heavy (non-hydrogen) atoms. The van der Waals surface area contributed by atoms with Crippen molar-refractivity contribution in [1.29, 1.82) is 0 Å². The zero-order valence-electron chi connectivity index (χ0n) is 12.1. The Morgan fingerprint density at radius 1 is 1.23 bits per heavy atom. The van der Waals surface area contributed by atoms with E-state index in [1.54, 1.807) is 17.7 Å². The molecule has 0 atom stereocenters. The van der Waals surface area contributed by atoms with E-state index in [0.29, 0.717) is 12.3 Å². The second-order valence-electron chi connectivity index (χ2n) is 5.00. The maximum absolute atomic E-state index is 4.39. The number of fused-ring (bicyclic) bond motifs is 2. The Morgan fingerprint density at radius 3 is 3.05 bits per heavy atom. The van der Waals surface area contributed by atoms with Crippen LogP contribution >= 0.6 is 11.3 Å². The fraction of sp³-hybridized carbons (Fsp3) is 0.214. The van der Waals surface area contributed by atoms with Crippen molar-refractivity contribution in [3.63, 3.8) is 0 Å². The first-order valence-electron chi connectivity index (χ1n) is 6.83. The molecule has 4 aromatic heterocycles. The highest BCUT2D eigenvalue weighted by atomic mass is 32.1. The van der Waals surface area contributed by atoms with Crippen LogP contribution in [0, 0.1) is 13.8 Å². The summed E-state index contributed by atoms with van der Waals surface area (Å²) in [6, 6.07) is 4.00. The van der Waals surface area contributed by atoms with E-state index in [-0.39, 0.29) is 0 Å². The molecule has 110 valence electrons. The van der Waals surface area contributed by atoms with E-state index in [9.17, 15) is 0 Å². The molecule has 0 saturated carbocycles. The fourth-order valence-corrected chi connectivity index (χ4v) is 3.30. The van der Waals surface area contributed by atoms with Crippen LogP contribution in [0.2, 0.25) is 0 Å². The average Bonchev–Trinajstić information content (AvgIpc) is 3.11. The maximum Gasteiger partial charge on any atom is 0.255 e. The van der Waals surface area contributed by atoms with Gasteiger partial charge in [-0.2, -0.15) is 0 Å². The van der Waals surface area contributed by atoms with Gasteiger partial charge in [0.25, 0.3) is 5.78 Å². The van der Waals surface area contributed by atoms with Crippen molar-refractivity contribution in [2.45, 2.75) is 20.4 Å². The zero-order chi connectivity index (χ0) is 15.1. The van der Waals surface area contributed by atoms with Crippen molar-refractivity contribution in [2.75, 3.05) is 5.32 Å². The smallest absolute Gasteiger partial charge is 0.255 e. The lowest BCUT2D eigenvalue weighted by Crippen LogP contribution is -2.08. The second kappa shape index (κ2) is 4.99. The highest BCUT2D eigenvalue weighted by Crippen LogP contribution is 2.25. The Labute approximate surface area is 130 Å². The molecule has 4 rings (SSSR count). The van der Waals surface area contributed by atoms with E-state index < -0.39 is 0 Å². The summed E-state index contributed by atoms with van der Waals surface area (Å²) in [5.41, 5.74) is 2.95.